The summed E-state index contributed by atoms with van der Waals surface area (Å²) in [5, 5.41) is 23.3. The third-order valence-electron chi connectivity index (χ3n) is 3.89. The monoisotopic (exact) mass is 307 g/mol. The topological polar surface area (TPSA) is 76.4 Å². The highest BCUT2D eigenvalue weighted by atomic mass is 32.1. The lowest BCUT2D eigenvalue weighted by molar-refractivity contribution is -0.116. The van der Waals surface area contributed by atoms with Crippen molar-refractivity contribution >= 4 is 22.2 Å². The number of thiophene rings is 1. The number of nitrogens with zero attached hydrogens (tertiary/aromatic N) is 2. The van der Waals surface area contributed by atoms with Gasteiger partial charge in [0.25, 0.3) is 0 Å². The Morgan fingerprint density at radius 1 is 1.48 bits per heavy atom. The highest BCUT2D eigenvalue weighted by Crippen LogP contribution is 2.24. The van der Waals surface area contributed by atoms with E-state index < -0.39 is 0 Å². The molecule has 1 saturated carbocycles. The Bertz CT molecular complexity index is 503. The maximum atomic E-state index is 12.0. The molecular weight excluding hydrogens is 286 g/mol. The van der Waals surface area contributed by atoms with Gasteiger partial charge in [0.1, 0.15) is 11.1 Å². The lowest BCUT2D eigenvalue weighted by Crippen LogP contribution is -2.37. The highest BCUT2D eigenvalue weighted by Gasteiger charge is 2.22. The molecule has 0 spiro atoms. The van der Waals surface area contributed by atoms with E-state index in [1.807, 2.05) is 0 Å². The second-order valence-electron chi connectivity index (χ2n) is 5.27. The van der Waals surface area contributed by atoms with E-state index in [9.17, 15) is 4.79 Å². The Labute approximate surface area is 129 Å². The first-order valence-electron chi connectivity index (χ1n) is 7.37. The average Bonchev–Trinajstić information content (AvgIpc) is 3.14. The van der Waals surface area contributed by atoms with Crippen LogP contribution in [0.5, 0.6) is 0 Å². The second-order valence-corrected chi connectivity index (χ2v) is 6.19. The molecule has 21 heavy (non-hydrogen) atoms. The van der Waals surface area contributed by atoms with Crippen molar-refractivity contribution in [1.82, 2.24) is 4.90 Å². The molecule has 1 amide bonds. The number of aliphatic hydroxyl groups excluding tert-OH is 1. The number of rotatable bonds is 7. The molecule has 0 aliphatic heterocycles. The molecule has 0 saturated heterocycles. The van der Waals surface area contributed by atoms with Crippen LogP contribution in [-0.4, -0.2) is 41.7 Å². The van der Waals surface area contributed by atoms with Gasteiger partial charge in [-0.3, -0.25) is 9.69 Å². The number of nitriles is 1. The van der Waals surface area contributed by atoms with Gasteiger partial charge in [0.15, 0.2) is 0 Å². The van der Waals surface area contributed by atoms with Crippen LogP contribution in [0.4, 0.5) is 5.00 Å². The average molecular weight is 307 g/mol. The smallest absolute Gasteiger partial charge is 0.226 e. The fourth-order valence-electron chi connectivity index (χ4n) is 2.80. The quantitative estimate of drug-likeness (QED) is 0.809. The van der Waals surface area contributed by atoms with Gasteiger partial charge in [-0.2, -0.15) is 5.26 Å². The van der Waals surface area contributed by atoms with E-state index in [1.165, 1.54) is 24.2 Å². The summed E-state index contributed by atoms with van der Waals surface area (Å²) < 4.78 is 0. The molecule has 1 aliphatic rings. The van der Waals surface area contributed by atoms with Gasteiger partial charge in [0.2, 0.25) is 5.91 Å². The van der Waals surface area contributed by atoms with E-state index in [1.54, 1.807) is 11.4 Å². The van der Waals surface area contributed by atoms with Crippen LogP contribution in [0.15, 0.2) is 11.4 Å². The first kappa shape index (κ1) is 16.0. The predicted molar refractivity (Wildman–Crippen MR) is 83.2 cm³/mol. The summed E-state index contributed by atoms with van der Waals surface area (Å²) in [6.45, 7) is 1.41. The zero-order valence-corrected chi connectivity index (χ0v) is 12.9. The van der Waals surface area contributed by atoms with Crippen LogP contribution in [0.25, 0.3) is 0 Å². The molecule has 0 atom stereocenters. The fraction of sp³-hybridized carbons (Fsp3) is 0.600. The Kier molecular flexibility index (Phi) is 6.18. The van der Waals surface area contributed by atoms with Crippen molar-refractivity contribution in [1.29, 1.82) is 5.26 Å². The lowest BCUT2D eigenvalue weighted by Gasteiger charge is -2.27. The van der Waals surface area contributed by atoms with E-state index in [-0.39, 0.29) is 12.5 Å². The minimum atomic E-state index is -0.0742. The Balaban J connectivity index is 1.82. The van der Waals surface area contributed by atoms with Crippen LogP contribution in [0.2, 0.25) is 0 Å². The molecule has 1 aliphatic carbocycles. The molecule has 5 nitrogen and oxygen atoms in total. The summed E-state index contributed by atoms with van der Waals surface area (Å²) in [5.74, 6) is -0.0742. The van der Waals surface area contributed by atoms with Crippen molar-refractivity contribution in [2.45, 2.75) is 38.1 Å². The van der Waals surface area contributed by atoms with Crippen LogP contribution < -0.4 is 5.32 Å². The first-order valence-corrected chi connectivity index (χ1v) is 8.25. The molecule has 1 heterocycles. The zero-order valence-electron chi connectivity index (χ0n) is 12.0. The molecule has 1 aromatic heterocycles. The molecule has 6 heteroatoms. The summed E-state index contributed by atoms with van der Waals surface area (Å²) in [5.41, 5.74) is 0.511. The van der Waals surface area contributed by atoms with E-state index in [0.29, 0.717) is 36.1 Å². The van der Waals surface area contributed by atoms with Gasteiger partial charge in [-0.25, -0.2) is 0 Å². The Morgan fingerprint density at radius 2 is 2.24 bits per heavy atom. The Hall–Kier alpha value is -1.42. The SMILES string of the molecule is N#Cc1ccsc1NC(=O)CCN(CCO)C1CCCC1. The second kappa shape index (κ2) is 8.13. The van der Waals surface area contributed by atoms with Gasteiger partial charge in [-0.15, -0.1) is 11.3 Å². The lowest BCUT2D eigenvalue weighted by atomic mass is 10.2. The van der Waals surface area contributed by atoms with Crippen LogP contribution >= 0.6 is 11.3 Å². The number of aliphatic hydroxyl groups is 1. The highest BCUT2D eigenvalue weighted by molar-refractivity contribution is 7.14. The fourth-order valence-corrected chi connectivity index (χ4v) is 3.56. The van der Waals surface area contributed by atoms with Crippen LogP contribution in [-0.2, 0) is 4.79 Å². The van der Waals surface area contributed by atoms with Gasteiger partial charge >= 0.3 is 0 Å². The number of hydrogen-bond acceptors (Lipinski definition) is 5. The summed E-state index contributed by atoms with van der Waals surface area (Å²) in [6.07, 6.45) is 5.18. The van der Waals surface area contributed by atoms with Gasteiger partial charge in [0, 0.05) is 25.6 Å². The minimum absolute atomic E-state index is 0.0742. The molecular formula is C15H21N3O2S. The first-order chi connectivity index (χ1) is 10.2. The predicted octanol–water partition coefficient (Wildman–Crippen LogP) is 2.19. The zero-order chi connectivity index (χ0) is 15.1. The summed E-state index contributed by atoms with van der Waals surface area (Å²) in [4.78, 5) is 14.2. The van der Waals surface area contributed by atoms with Gasteiger partial charge in [0.05, 0.1) is 12.2 Å². The molecule has 1 aromatic rings. The van der Waals surface area contributed by atoms with Crippen LogP contribution in [0, 0.1) is 11.3 Å². The van der Waals surface area contributed by atoms with Gasteiger partial charge < -0.3 is 10.4 Å². The molecule has 1 fully saturated rings. The van der Waals surface area contributed by atoms with E-state index >= 15 is 0 Å². The van der Waals surface area contributed by atoms with Crippen molar-refractivity contribution in [2.75, 3.05) is 25.0 Å². The maximum Gasteiger partial charge on any atom is 0.226 e. The molecule has 0 radical (unpaired) electrons. The molecule has 114 valence electrons. The van der Waals surface area contributed by atoms with Gasteiger partial charge in [-0.1, -0.05) is 12.8 Å². The van der Waals surface area contributed by atoms with Crippen molar-refractivity contribution in [3.05, 3.63) is 17.0 Å². The normalized spacial score (nSPS) is 15.3. The van der Waals surface area contributed by atoms with Crippen molar-refractivity contribution < 1.29 is 9.90 Å². The summed E-state index contributed by atoms with van der Waals surface area (Å²) >= 11 is 1.36. The van der Waals surface area contributed by atoms with Crippen molar-refractivity contribution in [3.8, 4) is 6.07 Å². The summed E-state index contributed by atoms with van der Waals surface area (Å²) in [7, 11) is 0. The largest absolute Gasteiger partial charge is 0.395 e. The molecule has 0 unspecified atom stereocenters. The van der Waals surface area contributed by atoms with Crippen LogP contribution in [0.1, 0.15) is 37.7 Å². The molecule has 2 N–H and O–H groups in total. The number of hydrogen-bond donors (Lipinski definition) is 2. The maximum absolute atomic E-state index is 12.0. The molecule has 0 aromatic carbocycles. The number of carbonyl (C=O) groups excluding carboxylic acids is 1. The van der Waals surface area contributed by atoms with E-state index in [4.69, 9.17) is 10.4 Å². The molecule has 0 bridgehead atoms. The number of carbonyl (C=O) groups is 1. The van der Waals surface area contributed by atoms with Crippen molar-refractivity contribution in [3.63, 3.8) is 0 Å². The number of nitrogens with one attached hydrogen (secondary N) is 1. The number of anilines is 1. The third kappa shape index (κ3) is 4.53. The van der Waals surface area contributed by atoms with Crippen LogP contribution in [0.3, 0.4) is 0 Å². The standard InChI is InChI=1S/C15H21N3O2S/c16-11-12-6-10-21-15(12)17-14(20)5-7-18(8-9-19)13-3-1-2-4-13/h6,10,13,19H,1-5,7-9H2,(H,17,20). The number of amides is 1. The minimum Gasteiger partial charge on any atom is -0.395 e. The van der Waals surface area contributed by atoms with Crippen molar-refractivity contribution in [2.24, 2.45) is 0 Å². The van der Waals surface area contributed by atoms with E-state index in [2.05, 4.69) is 16.3 Å². The molecule has 2 rings (SSSR count). The Morgan fingerprint density at radius 3 is 2.90 bits per heavy atom. The third-order valence-corrected chi connectivity index (χ3v) is 4.72. The van der Waals surface area contributed by atoms with Gasteiger partial charge in [-0.05, 0) is 24.3 Å². The summed E-state index contributed by atoms with van der Waals surface area (Å²) in [6, 6.07) is 4.27. The van der Waals surface area contributed by atoms with E-state index in [0.717, 1.165) is 12.8 Å².